The molecule has 0 aliphatic heterocycles. The summed E-state index contributed by atoms with van der Waals surface area (Å²) in [7, 11) is 1.72. The fourth-order valence-electron chi connectivity index (χ4n) is 3.32. The van der Waals surface area contributed by atoms with Crippen LogP contribution < -0.4 is 16.5 Å². The molecule has 150 valence electrons. The monoisotopic (exact) mass is 367 g/mol. The van der Waals surface area contributed by atoms with E-state index in [4.69, 9.17) is 10.6 Å². The lowest BCUT2D eigenvalue weighted by molar-refractivity contribution is -0.127. The quantitative estimate of drug-likeness (QED) is 0.225. The summed E-state index contributed by atoms with van der Waals surface area (Å²) >= 11 is 0. The van der Waals surface area contributed by atoms with Crippen LogP contribution in [0.1, 0.15) is 66.2 Å². The van der Waals surface area contributed by atoms with Gasteiger partial charge in [-0.05, 0) is 30.6 Å². The number of hydrogen-bond donors (Lipinski definition) is 3. The second kappa shape index (κ2) is 10.8. The summed E-state index contributed by atoms with van der Waals surface area (Å²) in [6, 6.07) is 0.0136. The highest BCUT2D eigenvalue weighted by molar-refractivity contribution is 6.22. The van der Waals surface area contributed by atoms with Gasteiger partial charge in [0.05, 0.1) is 12.2 Å². The summed E-state index contributed by atoms with van der Waals surface area (Å²) < 4.78 is 0. The molecule has 1 rings (SSSR count). The summed E-state index contributed by atoms with van der Waals surface area (Å²) in [5.74, 6) is 0.355. The molecule has 0 saturated heterocycles. The molecule has 0 bridgehead atoms. The van der Waals surface area contributed by atoms with E-state index in [1.807, 2.05) is 13.8 Å². The van der Waals surface area contributed by atoms with Crippen LogP contribution in [-0.4, -0.2) is 37.8 Å². The number of unbranched alkanes of at least 4 members (excludes halogenated alkanes) is 1. The molecule has 1 atom stereocenters. The summed E-state index contributed by atoms with van der Waals surface area (Å²) in [5.41, 5.74) is 9.59. The third-order valence-corrected chi connectivity index (χ3v) is 4.53. The molecule has 1 fully saturated rings. The first-order chi connectivity index (χ1) is 12.2. The third kappa shape index (κ3) is 7.98. The Labute approximate surface area is 158 Å². The van der Waals surface area contributed by atoms with Gasteiger partial charge < -0.3 is 15.9 Å². The molecule has 0 spiro atoms. The van der Waals surface area contributed by atoms with Crippen LogP contribution in [0.4, 0.5) is 0 Å². The predicted molar refractivity (Wildman–Crippen MR) is 104 cm³/mol. The van der Waals surface area contributed by atoms with Crippen molar-refractivity contribution in [2.24, 2.45) is 17.1 Å². The number of Topliss-reactive ketones (excluding diaryl/α,β-unsaturated/α-hetero) is 2. The maximum absolute atomic E-state index is 12.6. The molecule has 4 N–H and O–H groups in total. The van der Waals surface area contributed by atoms with Crippen molar-refractivity contribution in [3.05, 3.63) is 11.3 Å². The van der Waals surface area contributed by atoms with Crippen LogP contribution in [0.15, 0.2) is 11.3 Å². The lowest BCUT2D eigenvalue weighted by Gasteiger charge is -2.30. The Bertz CT molecular complexity index is 490. The fraction of sp³-hybridized carbons (Fsp3) is 0.800. The average molecular weight is 368 g/mol. The van der Waals surface area contributed by atoms with Gasteiger partial charge in [0.25, 0.3) is 0 Å². The average Bonchev–Trinajstić information content (AvgIpc) is 2.49. The number of hydroxylamine groups is 1. The molecule has 26 heavy (non-hydrogen) atoms. The molecule has 6 nitrogen and oxygen atoms in total. The second-order valence-corrected chi connectivity index (χ2v) is 8.51. The molecule has 0 aromatic carbocycles. The lowest BCUT2D eigenvalue weighted by Crippen LogP contribution is -2.35. The van der Waals surface area contributed by atoms with E-state index < -0.39 is 0 Å². The van der Waals surface area contributed by atoms with Gasteiger partial charge in [-0.1, -0.05) is 34.1 Å². The Morgan fingerprint density at radius 2 is 1.81 bits per heavy atom. The van der Waals surface area contributed by atoms with Crippen molar-refractivity contribution in [1.29, 1.82) is 0 Å². The standard InChI is InChI=1S/C20H37N3O3/c1-14(2)10-16(19-17(24)11-20(3,4)12-18(19)25)23-9-7-6-8-15(21)13-26-22-5/h14-15,22-23H,6-13,21H2,1-5H3/t15-/m0/s1. The van der Waals surface area contributed by atoms with Crippen LogP contribution >= 0.6 is 0 Å². The van der Waals surface area contributed by atoms with E-state index in [0.717, 1.165) is 37.9 Å². The first kappa shape index (κ1) is 22.8. The minimum atomic E-state index is -0.230. The zero-order valence-electron chi connectivity index (χ0n) is 17.1. The lowest BCUT2D eigenvalue weighted by atomic mass is 9.73. The van der Waals surface area contributed by atoms with E-state index in [-0.39, 0.29) is 23.0 Å². The molecule has 1 aliphatic carbocycles. The summed E-state index contributed by atoms with van der Waals surface area (Å²) in [4.78, 5) is 30.2. The molecule has 0 aromatic rings. The van der Waals surface area contributed by atoms with Crippen molar-refractivity contribution in [2.45, 2.75) is 72.3 Å². The molecule has 0 amide bonds. The first-order valence-electron chi connectivity index (χ1n) is 9.74. The number of carbonyl (C=O) groups excluding carboxylic acids is 2. The number of nitrogens with one attached hydrogen (secondary N) is 2. The summed E-state index contributed by atoms with van der Waals surface area (Å²) in [6.45, 7) is 9.41. The van der Waals surface area contributed by atoms with E-state index in [0.29, 0.717) is 30.9 Å². The SMILES string of the molecule is CNOC[C@@H](N)CCCCNC(CC(C)C)=C1C(=O)CC(C)(C)CC1=O. The van der Waals surface area contributed by atoms with Gasteiger partial charge in [0.15, 0.2) is 11.6 Å². The minimum Gasteiger partial charge on any atom is -0.388 e. The van der Waals surface area contributed by atoms with Gasteiger partial charge in [0.2, 0.25) is 0 Å². The van der Waals surface area contributed by atoms with Crippen LogP contribution in [0, 0.1) is 11.3 Å². The normalized spacial score (nSPS) is 18.3. The van der Waals surface area contributed by atoms with Gasteiger partial charge in [0, 0.05) is 38.2 Å². The molecule has 0 aromatic heterocycles. The predicted octanol–water partition coefficient (Wildman–Crippen LogP) is 2.48. The Morgan fingerprint density at radius 3 is 2.35 bits per heavy atom. The number of ketones is 2. The number of hydrogen-bond acceptors (Lipinski definition) is 6. The minimum absolute atomic E-state index is 0.0133. The van der Waals surface area contributed by atoms with Crippen molar-refractivity contribution < 1.29 is 14.4 Å². The Hall–Kier alpha value is -1.24. The number of nitrogens with two attached hydrogens (primary N) is 1. The molecule has 0 radical (unpaired) electrons. The van der Waals surface area contributed by atoms with Crippen molar-refractivity contribution >= 4 is 11.6 Å². The highest BCUT2D eigenvalue weighted by atomic mass is 16.6. The number of rotatable bonds is 11. The topological polar surface area (TPSA) is 93.4 Å². The van der Waals surface area contributed by atoms with E-state index in [1.165, 1.54) is 0 Å². The second-order valence-electron chi connectivity index (χ2n) is 8.51. The molecule has 6 heteroatoms. The molecule has 0 heterocycles. The number of allylic oxidation sites excluding steroid dienone is 2. The number of carbonyl (C=O) groups is 2. The zero-order chi connectivity index (χ0) is 19.7. The molecule has 0 unspecified atom stereocenters. The van der Waals surface area contributed by atoms with Gasteiger partial charge in [-0.25, -0.2) is 5.48 Å². The first-order valence-corrected chi connectivity index (χ1v) is 9.74. The van der Waals surface area contributed by atoms with Crippen LogP contribution in [0.2, 0.25) is 0 Å². The van der Waals surface area contributed by atoms with E-state index in [2.05, 4.69) is 24.6 Å². The van der Waals surface area contributed by atoms with Crippen LogP contribution in [-0.2, 0) is 14.4 Å². The van der Waals surface area contributed by atoms with Gasteiger partial charge >= 0.3 is 0 Å². The van der Waals surface area contributed by atoms with Crippen LogP contribution in [0.5, 0.6) is 0 Å². The van der Waals surface area contributed by atoms with Crippen LogP contribution in [0.25, 0.3) is 0 Å². The van der Waals surface area contributed by atoms with Gasteiger partial charge in [-0.2, -0.15) is 0 Å². The Kier molecular flexibility index (Phi) is 9.47. The largest absolute Gasteiger partial charge is 0.388 e. The third-order valence-electron chi connectivity index (χ3n) is 4.53. The van der Waals surface area contributed by atoms with E-state index >= 15 is 0 Å². The van der Waals surface area contributed by atoms with Crippen LogP contribution in [0.3, 0.4) is 0 Å². The molecular weight excluding hydrogens is 330 g/mol. The van der Waals surface area contributed by atoms with Crippen molar-refractivity contribution in [2.75, 3.05) is 20.2 Å². The maximum Gasteiger partial charge on any atom is 0.168 e. The van der Waals surface area contributed by atoms with Gasteiger partial charge in [-0.3, -0.25) is 9.59 Å². The van der Waals surface area contributed by atoms with Crippen molar-refractivity contribution in [3.8, 4) is 0 Å². The fourth-order valence-corrected chi connectivity index (χ4v) is 3.32. The Balaban J connectivity index is 2.62. The summed E-state index contributed by atoms with van der Waals surface area (Å²) in [6.07, 6.45) is 4.40. The molecule has 1 saturated carbocycles. The zero-order valence-corrected chi connectivity index (χ0v) is 17.1. The highest BCUT2D eigenvalue weighted by Gasteiger charge is 2.37. The Morgan fingerprint density at radius 1 is 1.19 bits per heavy atom. The smallest absolute Gasteiger partial charge is 0.168 e. The van der Waals surface area contributed by atoms with Gasteiger partial charge in [0.1, 0.15) is 0 Å². The van der Waals surface area contributed by atoms with Gasteiger partial charge in [-0.15, -0.1) is 0 Å². The van der Waals surface area contributed by atoms with Crippen molar-refractivity contribution in [3.63, 3.8) is 0 Å². The molecule has 1 aliphatic rings. The molecular formula is C20H37N3O3. The van der Waals surface area contributed by atoms with E-state index in [1.54, 1.807) is 7.05 Å². The highest BCUT2D eigenvalue weighted by Crippen LogP contribution is 2.35. The van der Waals surface area contributed by atoms with E-state index in [9.17, 15) is 9.59 Å². The van der Waals surface area contributed by atoms with Crippen molar-refractivity contribution in [1.82, 2.24) is 10.8 Å². The summed E-state index contributed by atoms with van der Waals surface area (Å²) in [5, 5.41) is 3.38. The maximum atomic E-state index is 12.6.